The van der Waals surface area contributed by atoms with Crippen molar-refractivity contribution in [1.82, 2.24) is 0 Å². The molecule has 1 aliphatic carbocycles. The van der Waals surface area contributed by atoms with Gasteiger partial charge in [-0.2, -0.15) is 0 Å². The summed E-state index contributed by atoms with van der Waals surface area (Å²) in [6, 6.07) is 0. The Labute approximate surface area is 105 Å². The highest BCUT2D eigenvalue weighted by Crippen LogP contribution is 2.28. The van der Waals surface area contributed by atoms with Crippen molar-refractivity contribution in [2.45, 2.75) is 52.9 Å². The van der Waals surface area contributed by atoms with Gasteiger partial charge in [-0.05, 0) is 62.5 Å². The number of hydrogen-bond donors (Lipinski definition) is 0. The number of allylic oxidation sites excluding steroid dienone is 6. The van der Waals surface area contributed by atoms with Crippen LogP contribution in [-0.4, -0.2) is 0 Å². The van der Waals surface area contributed by atoms with Crippen LogP contribution < -0.4 is 0 Å². The molecule has 0 spiro atoms. The first kappa shape index (κ1) is 14.2. The van der Waals surface area contributed by atoms with Gasteiger partial charge >= 0.3 is 0 Å². The van der Waals surface area contributed by atoms with Gasteiger partial charge in [-0.3, -0.25) is 0 Å². The summed E-state index contributed by atoms with van der Waals surface area (Å²) in [4.78, 5) is 0. The topological polar surface area (TPSA) is 0 Å². The Morgan fingerprint density at radius 3 is 2.65 bits per heavy atom. The highest BCUT2D eigenvalue weighted by atomic mass is 19.1. The van der Waals surface area contributed by atoms with Gasteiger partial charge in [-0.15, -0.1) is 0 Å². The van der Waals surface area contributed by atoms with E-state index in [9.17, 15) is 4.39 Å². The van der Waals surface area contributed by atoms with Gasteiger partial charge in [0.1, 0.15) is 5.83 Å². The molecule has 17 heavy (non-hydrogen) atoms. The monoisotopic (exact) mass is 236 g/mol. The fraction of sp³-hybridized carbons (Fsp3) is 0.625. The number of halogens is 1. The molecule has 0 amide bonds. The van der Waals surface area contributed by atoms with Gasteiger partial charge < -0.3 is 0 Å². The van der Waals surface area contributed by atoms with Crippen molar-refractivity contribution in [3.8, 4) is 0 Å². The maximum absolute atomic E-state index is 13.7. The standard InChI is InChI=1S/C16H25F/c1-4-6-16(17)15(5-2)12-11-14-9-7-13(3)8-10-14/h4,6-7,9,13-14H,5,8,10-12H2,1-3H3/b6-4-,16-15-. The molecule has 0 saturated carbocycles. The van der Waals surface area contributed by atoms with E-state index in [1.165, 1.54) is 12.8 Å². The zero-order chi connectivity index (χ0) is 12.7. The van der Waals surface area contributed by atoms with Gasteiger partial charge in [0.25, 0.3) is 0 Å². The molecule has 96 valence electrons. The summed E-state index contributed by atoms with van der Waals surface area (Å²) in [7, 11) is 0. The van der Waals surface area contributed by atoms with Gasteiger partial charge in [-0.1, -0.05) is 32.1 Å². The molecule has 1 heteroatoms. The average molecular weight is 236 g/mol. The van der Waals surface area contributed by atoms with Gasteiger partial charge in [-0.25, -0.2) is 4.39 Å². The molecule has 0 N–H and O–H groups in total. The van der Waals surface area contributed by atoms with E-state index >= 15 is 0 Å². The summed E-state index contributed by atoms with van der Waals surface area (Å²) in [5.74, 6) is 1.36. The van der Waals surface area contributed by atoms with Crippen molar-refractivity contribution >= 4 is 0 Å². The first-order chi connectivity index (χ1) is 8.17. The molecule has 0 aromatic heterocycles. The molecular weight excluding hydrogens is 211 g/mol. The Balaban J connectivity index is 2.48. The Hall–Kier alpha value is -0.850. The summed E-state index contributed by atoms with van der Waals surface area (Å²) < 4.78 is 13.7. The SMILES string of the molecule is C/C=C\C(F)=C(/CC)CCC1C=CC(C)CC1. The van der Waals surface area contributed by atoms with Crippen LogP contribution in [-0.2, 0) is 0 Å². The summed E-state index contributed by atoms with van der Waals surface area (Å²) in [5.41, 5.74) is 0.968. The second-order valence-corrected chi connectivity index (χ2v) is 5.04. The Kier molecular flexibility index (Phi) is 6.25. The lowest BCUT2D eigenvalue weighted by atomic mass is 9.86. The van der Waals surface area contributed by atoms with Crippen LogP contribution in [0.4, 0.5) is 4.39 Å². The molecule has 0 saturated heterocycles. The molecule has 0 radical (unpaired) electrons. The van der Waals surface area contributed by atoms with Crippen molar-refractivity contribution < 1.29 is 4.39 Å². The highest BCUT2D eigenvalue weighted by Gasteiger charge is 2.13. The highest BCUT2D eigenvalue weighted by molar-refractivity contribution is 5.19. The molecule has 0 nitrogen and oxygen atoms in total. The second-order valence-electron chi connectivity index (χ2n) is 5.04. The smallest absolute Gasteiger partial charge is 0.122 e. The molecule has 1 rings (SSSR count). The van der Waals surface area contributed by atoms with E-state index in [0.29, 0.717) is 5.92 Å². The molecule has 0 aromatic rings. The number of rotatable bonds is 5. The second kappa shape index (κ2) is 7.47. The van der Waals surface area contributed by atoms with E-state index in [-0.39, 0.29) is 5.83 Å². The molecule has 0 fully saturated rings. The quantitative estimate of drug-likeness (QED) is 0.432. The minimum Gasteiger partial charge on any atom is -0.207 e. The maximum Gasteiger partial charge on any atom is 0.122 e. The molecule has 2 atom stereocenters. The minimum atomic E-state index is -0.0249. The van der Waals surface area contributed by atoms with Crippen molar-refractivity contribution in [3.05, 3.63) is 35.7 Å². The lowest BCUT2D eigenvalue weighted by molar-refractivity contribution is 0.449. The van der Waals surface area contributed by atoms with Crippen LogP contribution in [0.1, 0.15) is 52.9 Å². The molecule has 2 unspecified atom stereocenters. The first-order valence-corrected chi connectivity index (χ1v) is 6.85. The molecular formula is C16H25F. The van der Waals surface area contributed by atoms with Crippen molar-refractivity contribution in [1.29, 1.82) is 0 Å². The maximum atomic E-state index is 13.7. The molecule has 0 bridgehead atoms. The normalized spacial score (nSPS) is 26.4. The van der Waals surface area contributed by atoms with E-state index in [1.807, 2.05) is 13.8 Å². The van der Waals surface area contributed by atoms with Gasteiger partial charge in [0, 0.05) is 0 Å². The predicted octanol–water partition coefficient (Wildman–Crippen LogP) is 5.58. The summed E-state index contributed by atoms with van der Waals surface area (Å²) in [5, 5.41) is 0. The molecule has 0 aromatic carbocycles. The third kappa shape index (κ3) is 4.89. The zero-order valence-electron chi connectivity index (χ0n) is 11.4. The van der Waals surface area contributed by atoms with Crippen LogP contribution >= 0.6 is 0 Å². The van der Waals surface area contributed by atoms with Crippen molar-refractivity contribution in [2.75, 3.05) is 0 Å². The third-order valence-electron chi connectivity index (χ3n) is 3.60. The molecule has 0 aliphatic heterocycles. The molecule has 0 heterocycles. The fourth-order valence-corrected chi connectivity index (χ4v) is 2.35. The van der Waals surface area contributed by atoms with E-state index < -0.39 is 0 Å². The largest absolute Gasteiger partial charge is 0.207 e. The third-order valence-corrected chi connectivity index (χ3v) is 3.60. The lowest BCUT2D eigenvalue weighted by Gasteiger charge is -2.20. The van der Waals surface area contributed by atoms with Crippen LogP contribution in [0.3, 0.4) is 0 Å². The van der Waals surface area contributed by atoms with Gasteiger partial charge in [0.05, 0.1) is 0 Å². The van der Waals surface area contributed by atoms with Crippen LogP contribution in [0.2, 0.25) is 0 Å². The van der Waals surface area contributed by atoms with Crippen LogP contribution in [0.15, 0.2) is 35.7 Å². The van der Waals surface area contributed by atoms with Crippen LogP contribution in [0, 0.1) is 11.8 Å². The lowest BCUT2D eigenvalue weighted by Crippen LogP contribution is -2.06. The Bertz CT molecular complexity index is 309. The van der Waals surface area contributed by atoms with E-state index in [0.717, 1.165) is 30.8 Å². The Morgan fingerprint density at radius 2 is 2.12 bits per heavy atom. The zero-order valence-corrected chi connectivity index (χ0v) is 11.4. The van der Waals surface area contributed by atoms with Crippen LogP contribution in [0.5, 0.6) is 0 Å². The van der Waals surface area contributed by atoms with Crippen molar-refractivity contribution in [3.63, 3.8) is 0 Å². The summed E-state index contributed by atoms with van der Waals surface area (Å²) >= 11 is 0. The molecule has 1 aliphatic rings. The Morgan fingerprint density at radius 1 is 1.35 bits per heavy atom. The van der Waals surface area contributed by atoms with Gasteiger partial charge in [0.15, 0.2) is 0 Å². The van der Waals surface area contributed by atoms with E-state index in [4.69, 9.17) is 0 Å². The van der Waals surface area contributed by atoms with Gasteiger partial charge in [0.2, 0.25) is 0 Å². The summed E-state index contributed by atoms with van der Waals surface area (Å²) in [6.07, 6.45) is 13.4. The first-order valence-electron chi connectivity index (χ1n) is 6.85. The average Bonchev–Trinajstić information content (AvgIpc) is 2.32. The minimum absolute atomic E-state index is 0.0249. The van der Waals surface area contributed by atoms with E-state index in [2.05, 4.69) is 19.1 Å². The number of hydrogen-bond acceptors (Lipinski definition) is 0. The summed E-state index contributed by atoms with van der Waals surface area (Å²) in [6.45, 7) is 6.16. The fourth-order valence-electron chi connectivity index (χ4n) is 2.35. The van der Waals surface area contributed by atoms with E-state index in [1.54, 1.807) is 12.2 Å². The van der Waals surface area contributed by atoms with Crippen LogP contribution in [0.25, 0.3) is 0 Å². The predicted molar refractivity (Wildman–Crippen MR) is 73.5 cm³/mol. The van der Waals surface area contributed by atoms with Crippen molar-refractivity contribution in [2.24, 2.45) is 11.8 Å².